The van der Waals surface area contributed by atoms with E-state index in [1.54, 1.807) is 12.4 Å². The predicted octanol–water partition coefficient (Wildman–Crippen LogP) is 3.29. The lowest BCUT2D eigenvalue weighted by Gasteiger charge is -2.26. The van der Waals surface area contributed by atoms with Gasteiger partial charge in [0.25, 0.3) is 11.8 Å². The number of imide groups is 2. The maximum absolute atomic E-state index is 13.2. The number of pyridine rings is 1. The lowest BCUT2D eigenvalue weighted by atomic mass is 10.1. The van der Waals surface area contributed by atoms with Crippen LogP contribution in [0, 0.1) is 19.7 Å². The van der Waals surface area contributed by atoms with E-state index in [1.165, 1.54) is 18.2 Å². The molecule has 1 aliphatic heterocycles. The number of hydrogen-bond acceptors (Lipinski definition) is 4. The Morgan fingerprint density at radius 3 is 2.30 bits per heavy atom. The molecule has 0 unspecified atom stereocenters. The summed E-state index contributed by atoms with van der Waals surface area (Å²) in [6, 6.07) is 9.55. The molecule has 1 saturated heterocycles. The standard InChI is InChI=1S/C22H17FN4O3/c1-13-11-15(14(2)26(13)18-7-9-24-10-8-18)12-19-20(28)25-22(30)27(21(19)29)17-5-3-16(23)4-6-17/h3-12H,1-2H3,(H,25,28,30)/b19-12+. The molecule has 30 heavy (non-hydrogen) atoms. The second-order valence-corrected chi connectivity index (χ2v) is 6.80. The first-order valence-corrected chi connectivity index (χ1v) is 9.13. The molecule has 0 bridgehead atoms. The molecule has 8 heteroatoms. The number of halogens is 1. The molecular weight excluding hydrogens is 387 g/mol. The molecule has 4 rings (SSSR count). The number of aryl methyl sites for hydroxylation is 1. The molecule has 0 spiro atoms. The van der Waals surface area contributed by atoms with E-state index < -0.39 is 23.7 Å². The quantitative estimate of drug-likeness (QED) is 0.536. The number of nitrogens with zero attached hydrogens (tertiary/aromatic N) is 3. The normalized spacial score (nSPS) is 15.6. The zero-order valence-corrected chi connectivity index (χ0v) is 16.2. The number of amides is 4. The van der Waals surface area contributed by atoms with Gasteiger partial charge in [0.15, 0.2) is 0 Å². The highest BCUT2D eigenvalue weighted by Crippen LogP contribution is 2.26. The molecule has 2 aromatic heterocycles. The number of benzene rings is 1. The molecule has 0 radical (unpaired) electrons. The summed E-state index contributed by atoms with van der Waals surface area (Å²) in [6.07, 6.45) is 4.81. The molecule has 0 atom stereocenters. The van der Waals surface area contributed by atoms with Gasteiger partial charge in [0.2, 0.25) is 0 Å². The Bertz CT molecular complexity index is 1200. The second kappa shape index (κ2) is 7.40. The van der Waals surface area contributed by atoms with Crippen LogP contribution in [0.3, 0.4) is 0 Å². The largest absolute Gasteiger partial charge is 0.335 e. The van der Waals surface area contributed by atoms with Crippen LogP contribution in [-0.2, 0) is 9.59 Å². The van der Waals surface area contributed by atoms with E-state index in [-0.39, 0.29) is 11.3 Å². The van der Waals surface area contributed by atoms with Crippen LogP contribution in [0.1, 0.15) is 17.0 Å². The van der Waals surface area contributed by atoms with Crippen molar-refractivity contribution in [2.45, 2.75) is 13.8 Å². The zero-order valence-electron chi connectivity index (χ0n) is 16.2. The molecule has 1 fully saturated rings. The summed E-state index contributed by atoms with van der Waals surface area (Å²) in [7, 11) is 0. The minimum absolute atomic E-state index is 0.166. The fourth-order valence-corrected chi connectivity index (χ4v) is 3.46. The van der Waals surface area contributed by atoms with Crippen molar-refractivity contribution in [1.82, 2.24) is 14.9 Å². The number of barbiturate groups is 1. The van der Waals surface area contributed by atoms with E-state index in [1.807, 2.05) is 36.6 Å². The van der Waals surface area contributed by atoms with Crippen molar-refractivity contribution in [3.8, 4) is 5.69 Å². The lowest BCUT2D eigenvalue weighted by molar-refractivity contribution is -0.122. The lowest BCUT2D eigenvalue weighted by Crippen LogP contribution is -2.54. The van der Waals surface area contributed by atoms with Crippen molar-refractivity contribution in [2.75, 3.05) is 4.90 Å². The smallest absolute Gasteiger partial charge is 0.318 e. The number of nitrogens with one attached hydrogen (secondary N) is 1. The molecule has 0 aliphatic carbocycles. The Balaban J connectivity index is 1.76. The Morgan fingerprint density at radius 2 is 1.63 bits per heavy atom. The van der Waals surface area contributed by atoms with Crippen molar-refractivity contribution < 1.29 is 18.8 Å². The zero-order chi connectivity index (χ0) is 21.4. The van der Waals surface area contributed by atoms with Gasteiger partial charge in [0.1, 0.15) is 11.4 Å². The van der Waals surface area contributed by atoms with E-state index in [4.69, 9.17) is 0 Å². The fraction of sp³-hybridized carbons (Fsp3) is 0.0909. The van der Waals surface area contributed by atoms with Crippen LogP contribution >= 0.6 is 0 Å². The van der Waals surface area contributed by atoms with Crippen molar-refractivity contribution in [2.24, 2.45) is 0 Å². The predicted molar refractivity (Wildman–Crippen MR) is 108 cm³/mol. The summed E-state index contributed by atoms with van der Waals surface area (Å²) in [5.41, 5.74) is 3.26. The summed E-state index contributed by atoms with van der Waals surface area (Å²) in [5, 5.41) is 2.17. The van der Waals surface area contributed by atoms with Gasteiger partial charge in [-0.2, -0.15) is 0 Å². The molecule has 150 valence electrons. The summed E-state index contributed by atoms with van der Waals surface area (Å²) in [4.78, 5) is 42.5. The van der Waals surface area contributed by atoms with E-state index >= 15 is 0 Å². The average molecular weight is 404 g/mol. The van der Waals surface area contributed by atoms with Gasteiger partial charge in [0, 0.05) is 29.5 Å². The Labute approximate surface area is 171 Å². The minimum atomic E-state index is -0.879. The first-order chi connectivity index (χ1) is 14.4. The highest BCUT2D eigenvalue weighted by atomic mass is 19.1. The van der Waals surface area contributed by atoms with Crippen LogP contribution in [0.15, 0.2) is 60.4 Å². The highest BCUT2D eigenvalue weighted by molar-refractivity contribution is 6.39. The van der Waals surface area contributed by atoms with Crippen molar-refractivity contribution in [3.63, 3.8) is 0 Å². The molecule has 0 saturated carbocycles. The second-order valence-electron chi connectivity index (χ2n) is 6.80. The SMILES string of the molecule is Cc1cc(/C=C2\C(=O)NC(=O)N(c3ccc(F)cc3)C2=O)c(C)n1-c1ccncc1. The van der Waals surface area contributed by atoms with Crippen LogP contribution in [0.5, 0.6) is 0 Å². The third kappa shape index (κ3) is 3.28. The average Bonchev–Trinajstić information content (AvgIpc) is 3.00. The Hall–Kier alpha value is -4.07. The molecule has 3 heterocycles. The number of anilines is 1. The Kier molecular flexibility index (Phi) is 4.75. The highest BCUT2D eigenvalue weighted by Gasteiger charge is 2.37. The van der Waals surface area contributed by atoms with Gasteiger partial charge in [-0.1, -0.05) is 0 Å². The minimum Gasteiger partial charge on any atom is -0.318 e. The Morgan fingerprint density at radius 1 is 0.967 bits per heavy atom. The molecule has 1 aromatic carbocycles. The third-order valence-electron chi connectivity index (χ3n) is 4.88. The maximum atomic E-state index is 13.2. The van der Waals surface area contributed by atoms with E-state index in [0.29, 0.717) is 5.56 Å². The van der Waals surface area contributed by atoms with E-state index in [2.05, 4.69) is 10.3 Å². The van der Waals surface area contributed by atoms with Crippen molar-refractivity contribution in [1.29, 1.82) is 0 Å². The van der Waals surface area contributed by atoms with Crippen molar-refractivity contribution in [3.05, 3.63) is 83.2 Å². The molecule has 1 aliphatic rings. The number of carbonyl (C=O) groups excluding carboxylic acids is 3. The summed E-state index contributed by atoms with van der Waals surface area (Å²) < 4.78 is 15.2. The van der Waals surface area contributed by atoms with Crippen LogP contribution in [0.4, 0.5) is 14.9 Å². The van der Waals surface area contributed by atoms with Gasteiger partial charge in [-0.05, 0) is 68.0 Å². The van der Waals surface area contributed by atoms with Crippen molar-refractivity contribution >= 4 is 29.6 Å². The van der Waals surface area contributed by atoms with Crippen LogP contribution in [0.25, 0.3) is 11.8 Å². The van der Waals surface area contributed by atoms with Gasteiger partial charge < -0.3 is 4.57 Å². The van der Waals surface area contributed by atoms with Gasteiger partial charge in [-0.15, -0.1) is 0 Å². The van der Waals surface area contributed by atoms with Crippen LogP contribution < -0.4 is 10.2 Å². The van der Waals surface area contributed by atoms with Crippen LogP contribution in [0.2, 0.25) is 0 Å². The molecular formula is C22H17FN4O3. The van der Waals surface area contributed by atoms with Gasteiger partial charge in [-0.25, -0.2) is 14.1 Å². The number of urea groups is 1. The molecule has 7 nitrogen and oxygen atoms in total. The monoisotopic (exact) mass is 404 g/mol. The third-order valence-corrected chi connectivity index (χ3v) is 4.88. The van der Waals surface area contributed by atoms with Gasteiger partial charge >= 0.3 is 6.03 Å². The fourth-order valence-electron chi connectivity index (χ4n) is 3.46. The molecule has 1 N–H and O–H groups in total. The first-order valence-electron chi connectivity index (χ1n) is 9.13. The van der Waals surface area contributed by atoms with Gasteiger partial charge in [-0.3, -0.25) is 19.9 Å². The topological polar surface area (TPSA) is 84.3 Å². The number of carbonyl (C=O) groups is 3. The van der Waals surface area contributed by atoms with E-state index in [0.717, 1.165) is 34.1 Å². The molecule has 3 aromatic rings. The van der Waals surface area contributed by atoms with E-state index in [9.17, 15) is 18.8 Å². The number of hydrogen-bond donors (Lipinski definition) is 1. The maximum Gasteiger partial charge on any atom is 0.335 e. The van der Waals surface area contributed by atoms with Crippen LogP contribution in [-0.4, -0.2) is 27.4 Å². The number of rotatable bonds is 3. The summed E-state index contributed by atoms with van der Waals surface area (Å²) in [5.74, 6) is -2.06. The number of aromatic nitrogens is 2. The summed E-state index contributed by atoms with van der Waals surface area (Å²) in [6.45, 7) is 3.78. The molecule has 4 amide bonds. The van der Waals surface area contributed by atoms with Gasteiger partial charge in [0.05, 0.1) is 5.69 Å². The first kappa shape index (κ1) is 19.3. The summed E-state index contributed by atoms with van der Waals surface area (Å²) >= 11 is 0.